The van der Waals surface area contributed by atoms with E-state index in [0.717, 1.165) is 12.2 Å². The molecule has 0 fully saturated rings. The van der Waals surface area contributed by atoms with Crippen molar-refractivity contribution >= 4 is 6.08 Å². The van der Waals surface area contributed by atoms with Crippen molar-refractivity contribution < 1.29 is 9.47 Å². The zero-order chi connectivity index (χ0) is 9.97. The van der Waals surface area contributed by atoms with Gasteiger partial charge in [-0.2, -0.15) is 0 Å². The van der Waals surface area contributed by atoms with Gasteiger partial charge in [-0.05, 0) is 23.3 Å². The van der Waals surface area contributed by atoms with Gasteiger partial charge in [0.15, 0.2) is 0 Å². The third-order valence-electron chi connectivity index (χ3n) is 2.57. The standard InChI is InChI=1S/C12H14O2/c1-13-11-5-3-10-8-12(14-2)6-4-9(10)7-11/h3-7,12H,8H2,1-2H3. The molecule has 74 valence electrons. The third-order valence-corrected chi connectivity index (χ3v) is 2.57. The molecule has 2 heteroatoms. The van der Waals surface area contributed by atoms with E-state index in [1.54, 1.807) is 14.2 Å². The van der Waals surface area contributed by atoms with Gasteiger partial charge in [-0.3, -0.25) is 0 Å². The van der Waals surface area contributed by atoms with Crippen LogP contribution in [0.5, 0.6) is 5.75 Å². The molecule has 1 aliphatic rings. The summed E-state index contributed by atoms with van der Waals surface area (Å²) in [5.41, 5.74) is 2.55. The Hall–Kier alpha value is -1.28. The number of hydrogen-bond acceptors (Lipinski definition) is 2. The molecule has 0 N–H and O–H groups in total. The summed E-state index contributed by atoms with van der Waals surface area (Å²) in [5, 5.41) is 0. The lowest BCUT2D eigenvalue weighted by Gasteiger charge is -2.18. The normalized spacial score (nSPS) is 19.1. The topological polar surface area (TPSA) is 18.5 Å². The summed E-state index contributed by atoms with van der Waals surface area (Å²) in [6, 6.07) is 6.14. The molecular weight excluding hydrogens is 176 g/mol. The molecule has 0 saturated carbocycles. The Kier molecular flexibility index (Phi) is 2.55. The number of methoxy groups -OCH3 is 2. The minimum Gasteiger partial charge on any atom is -0.497 e. The molecule has 1 aliphatic carbocycles. The molecular formula is C12H14O2. The van der Waals surface area contributed by atoms with Crippen LogP contribution in [0.1, 0.15) is 11.1 Å². The summed E-state index contributed by atoms with van der Waals surface area (Å²) in [6.45, 7) is 0. The molecule has 0 amide bonds. The van der Waals surface area contributed by atoms with E-state index in [4.69, 9.17) is 9.47 Å². The van der Waals surface area contributed by atoms with Gasteiger partial charge >= 0.3 is 0 Å². The van der Waals surface area contributed by atoms with Crippen molar-refractivity contribution in [3.63, 3.8) is 0 Å². The summed E-state index contributed by atoms with van der Waals surface area (Å²) in [4.78, 5) is 0. The van der Waals surface area contributed by atoms with Gasteiger partial charge in [0, 0.05) is 13.5 Å². The highest BCUT2D eigenvalue weighted by Crippen LogP contribution is 2.24. The largest absolute Gasteiger partial charge is 0.497 e. The summed E-state index contributed by atoms with van der Waals surface area (Å²) < 4.78 is 10.5. The van der Waals surface area contributed by atoms with E-state index in [9.17, 15) is 0 Å². The second-order valence-corrected chi connectivity index (χ2v) is 3.40. The van der Waals surface area contributed by atoms with Crippen LogP contribution >= 0.6 is 0 Å². The molecule has 1 aromatic rings. The van der Waals surface area contributed by atoms with Crippen LogP contribution in [0.4, 0.5) is 0 Å². The Morgan fingerprint density at radius 3 is 2.86 bits per heavy atom. The van der Waals surface area contributed by atoms with E-state index >= 15 is 0 Å². The molecule has 0 aromatic heterocycles. The smallest absolute Gasteiger partial charge is 0.119 e. The fourth-order valence-electron chi connectivity index (χ4n) is 1.70. The minimum atomic E-state index is 0.218. The van der Waals surface area contributed by atoms with Crippen LogP contribution < -0.4 is 4.74 Å². The van der Waals surface area contributed by atoms with E-state index < -0.39 is 0 Å². The van der Waals surface area contributed by atoms with Crippen LogP contribution in [0, 0.1) is 0 Å². The Bertz CT molecular complexity index is 355. The molecule has 2 rings (SSSR count). The first-order valence-corrected chi connectivity index (χ1v) is 4.71. The maximum Gasteiger partial charge on any atom is 0.119 e. The first-order valence-electron chi connectivity index (χ1n) is 4.71. The Morgan fingerprint density at radius 2 is 2.14 bits per heavy atom. The highest BCUT2D eigenvalue weighted by atomic mass is 16.5. The predicted octanol–water partition coefficient (Wildman–Crippen LogP) is 2.28. The summed E-state index contributed by atoms with van der Waals surface area (Å²) in [5.74, 6) is 0.907. The van der Waals surface area contributed by atoms with Crippen molar-refractivity contribution in [3.05, 3.63) is 35.4 Å². The molecule has 0 spiro atoms. The lowest BCUT2D eigenvalue weighted by atomic mass is 9.95. The summed E-state index contributed by atoms with van der Waals surface area (Å²) in [7, 11) is 3.43. The van der Waals surface area contributed by atoms with Crippen molar-refractivity contribution in [2.24, 2.45) is 0 Å². The third kappa shape index (κ3) is 1.66. The van der Waals surface area contributed by atoms with Gasteiger partial charge in [0.2, 0.25) is 0 Å². The number of benzene rings is 1. The minimum absolute atomic E-state index is 0.218. The second-order valence-electron chi connectivity index (χ2n) is 3.40. The second kappa shape index (κ2) is 3.84. The van der Waals surface area contributed by atoms with Crippen LogP contribution in [0.25, 0.3) is 6.08 Å². The van der Waals surface area contributed by atoms with Crippen LogP contribution in [-0.4, -0.2) is 20.3 Å². The van der Waals surface area contributed by atoms with E-state index in [-0.39, 0.29) is 6.10 Å². The average Bonchev–Trinajstić information content (AvgIpc) is 2.27. The van der Waals surface area contributed by atoms with Gasteiger partial charge in [-0.15, -0.1) is 0 Å². The molecule has 0 radical (unpaired) electrons. The molecule has 14 heavy (non-hydrogen) atoms. The monoisotopic (exact) mass is 190 g/mol. The fraction of sp³-hybridized carbons (Fsp3) is 0.333. The zero-order valence-corrected chi connectivity index (χ0v) is 8.49. The fourth-order valence-corrected chi connectivity index (χ4v) is 1.70. The molecule has 1 aromatic carbocycles. The highest BCUT2D eigenvalue weighted by molar-refractivity contribution is 5.59. The summed E-state index contributed by atoms with van der Waals surface area (Å²) >= 11 is 0. The molecule has 0 aliphatic heterocycles. The lowest BCUT2D eigenvalue weighted by molar-refractivity contribution is 0.141. The van der Waals surface area contributed by atoms with Gasteiger partial charge < -0.3 is 9.47 Å². The Morgan fingerprint density at radius 1 is 1.29 bits per heavy atom. The lowest BCUT2D eigenvalue weighted by Crippen LogP contribution is -2.14. The number of hydrogen-bond donors (Lipinski definition) is 0. The Labute approximate surface area is 84.2 Å². The van der Waals surface area contributed by atoms with Crippen LogP contribution in [0.3, 0.4) is 0 Å². The molecule has 1 atom stereocenters. The van der Waals surface area contributed by atoms with Crippen LogP contribution in [0.15, 0.2) is 24.3 Å². The van der Waals surface area contributed by atoms with Gasteiger partial charge in [-0.25, -0.2) is 0 Å². The maximum absolute atomic E-state index is 5.29. The van der Waals surface area contributed by atoms with Gasteiger partial charge in [0.05, 0.1) is 13.2 Å². The van der Waals surface area contributed by atoms with Crippen molar-refractivity contribution in [2.75, 3.05) is 14.2 Å². The zero-order valence-electron chi connectivity index (χ0n) is 8.49. The van der Waals surface area contributed by atoms with Crippen molar-refractivity contribution in [3.8, 4) is 5.75 Å². The number of fused-ring (bicyclic) bond motifs is 1. The maximum atomic E-state index is 5.29. The van der Waals surface area contributed by atoms with E-state index in [1.807, 2.05) is 6.07 Å². The molecule has 2 nitrogen and oxygen atoms in total. The van der Waals surface area contributed by atoms with Crippen LogP contribution in [-0.2, 0) is 11.2 Å². The van der Waals surface area contributed by atoms with Crippen LogP contribution in [0.2, 0.25) is 0 Å². The highest BCUT2D eigenvalue weighted by Gasteiger charge is 2.12. The van der Waals surface area contributed by atoms with Crippen molar-refractivity contribution in [1.82, 2.24) is 0 Å². The first-order chi connectivity index (χ1) is 6.83. The molecule has 0 bridgehead atoms. The molecule has 0 heterocycles. The summed E-state index contributed by atoms with van der Waals surface area (Å²) in [6.07, 6.45) is 5.35. The van der Waals surface area contributed by atoms with E-state index in [0.29, 0.717) is 0 Å². The van der Waals surface area contributed by atoms with E-state index in [2.05, 4.69) is 24.3 Å². The SMILES string of the molecule is COc1ccc2c(c1)C=CC(OC)C2. The molecule has 0 saturated heterocycles. The number of ether oxygens (including phenoxy) is 2. The predicted molar refractivity (Wildman–Crippen MR) is 56.5 cm³/mol. The van der Waals surface area contributed by atoms with Gasteiger partial charge in [0.1, 0.15) is 5.75 Å². The van der Waals surface area contributed by atoms with Crippen molar-refractivity contribution in [1.29, 1.82) is 0 Å². The van der Waals surface area contributed by atoms with Gasteiger partial charge in [0.25, 0.3) is 0 Å². The van der Waals surface area contributed by atoms with E-state index in [1.165, 1.54) is 11.1 Å². The van der Waals surface area contributed by atoms with Crippen molar-refractivity contribution in [2.45, 2.75) is 12.5 Å². The quantitative estimate of drug-likeness (QED) is 0.712. The molecule has 1 unspecified atom stereocenters. The average molecular weight is 190 g/mol. The number of rotatable bonds is 2. The first kappa shape index (κ1) is 9.28. The van der Waals surface area contributed by atoms with Gasteiger partial charge in [-0.1, -0.05) is 18.2 Å². The Balaban J connectivity index is 2.31.